The Bertz CT molecular complexity index is 475. The summed E-state index contributed by atoms with van der Waals surface area (Å²) in [5.74, 6) is 0. The highest BCUT2D eigenvalue weighted by Crippen LogP contribution is 2.28. The molecule has 2 aromatic carbocycles. The van der Waals surface area contributed by atoms with Gasteiger partial charge in [0, 0.05) is 0 Å². The van der Waals surface area contributed by atoms with Crippen molar-refractivity contribution in [1.82, 2.24) is 0 Å². The van der Waals surface area contributed by atoms with Crippen molar-refractivity contribution in [3.8, 4) is 11.1 Å². The third kappa shape index (κ3) is 1.79. The molecule has 0 aromatic heterocycles. The number of benzene rings is 2. The van der Waals surface area contributed by atoms with E-state index < -0.39 is 0 Å². The molecule has 0 aliphatic rings. The molecule has 0 aliphatic heterocycles. The van der Waals surface area contributed by atoms with Crippen LogP contribution in [0.25, 0.3) is 11.1 Å². The van der Waals surface area contributed by atoms with Gasteiger partial charge in [-0.05, 0) is 35.7 Å². The molecule has 76 valence electrons. The van der Waals surface area contributed by atoms with E-state index in [-0.39, 0.29) is 0 Å². The maximum atomic E-state index is 5.80. The van der Waals surface area contributed by atoms with E-state index in [0.717, 1.165) is 11.1 Å². The van der Waals surface area contributed by atoms with Gasteiger partial charge in [-0.3, -0.25) is 0 Å². The molecular weight excluding hydrogens is 184 g/mol. The Morgan fingerprint density at radius 3 is 2.13 bits per heavy atom. The number of nitrogen functional groups attached to an aromatic ring is 2. The van der Waals surface area contributed by atoms with Crippen LogP contribution in [0.15, 0.2) is 42.5 Å². The summed E-state index contributed by atoms with van der Waals surface area (Å²) in [7, 11) is 0. The molecule has 0 spiro atoms. The quantitative estimate of drug-likeness (QED) is 0.692. The average Bonchev–Trinajstić information content (AvgIpc) is 2.25. The number of hydrogen-bond donors (Lipinski definition) is 2. The van der Waals surface area contributed by atoms with E-state index in [1.165, 1.54) is 5.56 Å². The highest BCUT2D eigenvalue weighted by atomic mass is 14.7. The Morgan fingerprint density at radius 2 is 1.47 bits per heavy atom. The third-order valence-electron chi connectivity index (χ3n) is 2.51. The SMILES string of the molecule is Cc1cc(N)c(N)cc1-c1ccccc1. The number of nitrogens with two attached hydrogens (primary N) is 2. The monoisotopic (exact) mass is 198 g/mol. The molecule has 0 unspecified atom stereocenters. The Kier molecular flexibility index (Phi) is 2.34. The summed E-state index contributed by atoms with van der Waals surface area (Å²) in [6.45, 7) is 2.04. The summed E-state index contributed by atoms with van der Waals surface area (Å²) in [5.41, 5.74) is 16.3. The molecule has 0 heterocycles. The lowest BCUT2D eigenvalue weighted by atomic mass is 9.99. The van der Waals surface area contributed by atoms with Crippen LogP contribution in [0.3, 0.4) is 0 Å². The van der Waals surface area contributed by atoms with Gasteiger partial charge < -0.3 is 11.5 Å². The molecule has 4 N–H and O–H groups in total. The fraction of sp³-hybridized carbons (Fsp3) is 0.0769. The van der Waals surface area contributed by atoms with Crippen LogP contribution in [0.2, 0.25) is 0 Å². The molecular formula is C13H14N2. The van der Waals surface area contributed by atoms with E-state index in [1.54, 1.807) is 0 Å². The molecule has 0 fully saturated rings. The summed E-state index contributed by atoms with van der Waals surface area (Å²) < 4.78 is 0. The standard InChI is InChI=1S/C13H14N2/c1-9-7-12(14)13(15)8-11(9)10-5-3-2-4-6-10/h2-8H,14-15H2,1H3. The van der Waals surface area contributed by atoms with Crippen molar-refractivity contribution in [2.24, 2.45) is 0 Å². The van der Waals surface area contributed by atoms with Crippen LogP contribution in [0.1, 0.15) is 5.56 Å². The first-order valence-corrected chi connectivity index (χ1v) is 4.89. The molecule has 0 bridgehead atoms. The second kappa shape index (κ2) is 3.65. The smallest absolute Gasteiger partial charge is 0.0554 e. The first kappa shape index (κ1) is 9.59. The van der Waals surface area contributed by atoms with E-state index in [9.17, 15) is 0 Å². The number of hydrogen-bond acceptors (Lipinski definition) is 2. The Balaban J connectivity index is 2.59. The molecule has 0 aliphatic carbocycles. The minimum Gasteiger partial charge on any atom is -0.397 e. The lowest BCUT2D eigenvalue weighted by molar-refractivity contribution is 1.46. The van der Waals surface area contributed by atoms with Crippen LogP contribution in [0, 0.1) is 6.92 Å². The van der Waals surface area contributed by atoms with Crippen LogP contribution in [0.4, 0.5) is 11.4 Å². The number of anilines is 2. The van der Waals surface area contributed by atoms with Crippen LogP contribution in [-0.4, -0.2) is 0 Å². The highest BCUT2D eigenvalue weighted by Gasteiger charge is 2.04. The lowest BCUT2D eigenvalue weighted by Gasteiger charge is -2.09. The van der Waals surface area contributed by atoms with E-state index >= 15 is 0 Å². The fourth-order valence-corrected chi connectivity index (χ4v) is 1.68. The van der Waals surface area contributed by atoms with Crippen LogP contribution < -0.4 is 11.5 Å². The zero-order valence-corrected chi connectivity index (χ0v) is 8.70. The third-order valence-corrected chi connectivity index (χ3v) is 2.51. The van der Waals surface area contributed by atoms with E-state index in [0.29, 0.717) is 11.4 Å². The van der Waals surface area contributed by atoms with Gasteiger partial charge in [-0.25, -0.2) is 0 Å². The van der Waals surface area contributed by atoms with Gasteiger partial charge in [0.05, 0.1) is 11.4 Å². The average molecular weight is 198 g/mol. The molecule has 2 aromatic rings. The molecule has 2 nitrogen and oxygen atoms in total. The van der Waals surface area contributed by atoms with Crippen molar-refractivity contribution in [3.63, 3.8) is 0 Å². The zero-order valence-electron chi connectivity index (χ0n) is 8.70. The first-order valence-electron chi connectivity index (χ1n) is 4.89. The van der Waals surface area contributed by atoms with Gasteiger partial charge in [0.1, 0.15) is 0 Å². The summed E-state index contributed by atoms with van der Waals surface area (Å²) in [5, 5.41) is 0. The number of aryl methyl sites for hydroxylation is 1. The van der Waals surface area contributed by atoms with Crippen molar-refractivity contribution in [1.29, 1.82) is 0 Å². The van der Waals surface area contributed by atoms with Gasteiger partial charge in [-0.15, -0.1) is 0 Å². The molecule has 15 heavy (non-hydrogen) atoms. The largest absolute Gasteiger partial charge is 0.397 e. The van der Waals surface area contributed by atoms with E-state index in [1.807, 2.05) is 37.3 Å². The van der Waals surface area contributed by atoms with E-state index in [4.69, 9.17) is 11.5 Å². The first-order chi connectivity index (χ1) is 7.18. The van der Waals surface area contributed by atoms with Gasteiger partial charge in [0.15, 0.2) is 0 Å². The number of rotatable bonds is 1. The van der Waals surface area contributed by atoms with Gasteiger partial charge in [-0.1, -0.05) is 30.3 Å². The normalized spacial score (nSPS) is 10.2. The molecule has 0 radical (unpaired) electrons. The van der Waals surface area contributed by atoms with Crippen LogP contribution in [-0.2, 0) is 0 Å². The van der Waals surface area contributed by atoms with Gasteiger partial charge >= 0.3 is 0 Å². The molecule has 0 amide bonds. The van der Waals surface area contributed by atoms with Crippen molar-refractivity contribution in [2.75, 3.05) is 11.5 Å². The maximum absolute atomic E-state index is 5.80. The van der Waals surface area contributed by atoms with Gasteiger partial charge in [0.2, 0.25) is 0 Å². The predicted molar refractivity (Wildman–Crippen MR) is 65.4 cm³/mol. The van der Waals surface area contributed by atoms with Crippen molar-refractivity contribution in [2.45, 2.75) is 6.92 Å². The van der Waals surface area contributed by atoms with Crippen molar-refractivity contribution < 1.29 is 0 Å². The maximum Gasteiger partial charge on any atom is 0.0554 e. The highest BCUT2D eigenvalue weighted by molar-refractivity contribution is 5.77. The predicted octanol–water partition coefficient (Wildman–Crippen LogP) is 2.83. The molecule has 0 saturated carbocycles. The van der Waals surface area contributed by atoms with Crippen LogP contribution in [0.5, 0.6) is 0 Å². The van der Waals surface area contributed by atoms with E-state index in [2.05, 4.69) is 12.1 Å². The zero-order chi connectivity index (χ0) is 10.8. The molecule has 2 rings (SSSR count). The molecule has 2 heteroatoms. The van der Waals surface area contributed by atoms with Crippen molar-refractivity contribution in [3.05, 3.63) is 48.0 Å². The molecule has 0 atom stereocenters. The fourth-order valence-electron chi connectivity index (χ4n) is 1.68. The second-order valence-electron chi connectivity index (χ2n) is 3.66. The Hall–Kier alpha value is -1.96. The summed E-state index contributed by atoms with van der Waals surface area (Å²) in [6.07, 6.45) is 0. The van der Waals surface area contributed by atoms with Crippen LogP contribution >= 0.6 is 0 Å². The lowest BCUT2D eigenvalue weighted by Crippen LogP contribution is -1.96. The second-order valence-corrected chi connectivity index (χ2v) is 3.66. The minimum absolute atomic E-state index is 0.638. The van der Waals surface area contributed by atoms with Gasteiger partial charge in [-0.2, -0.15) is 0 Å². The summed E-state index contributed by atoms with van der Waals surface area (Å²) in [6, 6.07) is 14.0. The molecule has 0 saturated heterocycles. The minimum atomic E-state index is 0.638. The van der Waals surface area contributed by atoms with Gasteiger partial charge in [0.25, 0.3) is 0 Å². The summed E-state index contributed by atoms with van der Waals surface area (Å²) >= 11 is 0. The Labute approximate surface area is 89.5 Å². The van der Waals surface area contributed by atoms with Crippen molar-refractivity contribution >= 4 is 11.4 Å². The topological polar surface area (TPSA) is 52.0 Å². The Morgan fingerprint density at radius 1 is 0.867 bits per heavy atom. The summed E-state index contributed by atoms with van der Waals surface area (Å²) in [4.78, 5) is 0.